The summed E-state index contributed by atoms with van der Waals surface area (Å²) < 4.78 is 18.5. The molecule has 2 aromatic rings. The molecule has 3 atom stereocenters. The average molecular weight is 574 g/mol. The maximum atomic E-state index is 13.3. The van der Waals surface area contributed by atoms with Gasteiger partial charge in [-0.15, -0.1) is 0 Å². The molecular formula is C29H40FN5O4S. The lowest BCUT2D eigenvalue weighted by molar-refractivity contribution is -0.141. The van der Waals surface area contributed by atoms with Gasteiger partial charge in [-0.05, 0) is 62.8 Å². The summed E-state index contributed by atoms with van der Waals surface area (Å²) in [6.07, 6.45) is 3.96. The second-order valence-electron chi connectivity index (χ2n) is 11.0. The number of esters is 1. The van der Waals surface area contributed by atoms with Crippen LogP contribution in [0.5, 0.6) is 0 Å². The van der Waals surface area contributed by atoms with Crippen molar-refractivity contribution < 1.29 is 23.5 Å². The molecule has 40 heavy (non-hydrogen) atoms. The van der Waals surface area contributed by atoms with E-state index in [1.165, 1.54) is 37.3 Å². The lowest BCUT2D eigenvalue weighted by Crippen LogP contribution is -2.56. The number of likely N-dealkylation sites (tertiary alicyclic amines) is 2. The number of ketones is 1. The first kappa shape index (κ1) is 30.1. The lowest BCUT2D eigenvalue weighted by atomic mass is 9.88. The molecule has 0 bridgehead atoms. The van der Waals surface area contributed by atoms with E-state index in [-0.39, 0.29) is 35.6 Å². The average Bonchev–Trinajstić information content (AvgIpc) is 3.27. The largest absolute Gasteiger partial charge is 0.465 e. The van der Waals surface area contributed by atoms with E-state index in [1.807, 2.05) is 12.1 Å². The van der Waals surface area contributed by atoms with Crippen molar-refractivity contribution in [1.82, 2.24) is 20.1 Å². The number of rotatable bonds is 10. The Hall–Kier alpha value is -2.89. The van der Waals surface area contributed by atoms with E-state index in [0.29, 0.717) is 34.8 Å². The summed E-state index contributed by atoms with van der Waals surface area (Å²) in [6.45, 7) is 10.1. The number of carbonyl (C=O) groups is 3. The Bertz CT molecular complexity index is 1170. The maximum absolute atomic E-state index is 13.3. The minimum Gasteiger partial charge on any atom is -0.465 e. The molecule has 1 aromatic heterocycles. The Kier molecular flexibility index (Phi) is 10.6. The zero-order valence-corrected chi connectivity index (χ0v) is 24.4. The van der Waals surface area contributed by atoms with E-state index in [9.17, 15) is 18.8 Å². The van der Waals surface area contributed by atoms with Gasteiger partial charge in [-0.1, -0.05) is 23.5 Å². The zero-order chi connectivity index (χ0) is 28.6. The van der Waals surface area contributed by atoms with Gasteiger partial charge in [-0.25, -0.2) is 14.2 Å². The van der Waals surface area contributed by atoms with Crippen molar-refractivity contribution in [3.63, 3.8) is 0 Å². The molecule has 0 radical (unpaired) electrons. The fourth-order valence-electron chi connectivity index (χ4n) is 5.85. The van der Waals surface area contributed by atoms with Crippen molar-refractivity contribution in [2.24, 2.45) is 11.8 Å². The van der Waals surface area contributed by atoms with E-state index in [2.05, 4.69) is 25.4 Å². The summed E-state index contributed by atoms with van der Waals surface area (Å²) in [4.78, 5) is 45.7. The lowest BCUT2D eigenvalue weighted by Gasteiger charge is -2.42. The van der Waals surface area contributed by atoms with Crippen LogP contribution in [0, 0.1) is 24.6 Å². The van der Waals surface area contributed by atoms with E-state index in [4.69, 9.17) is 4.74 Å². The molecule has 4 rings (SSSR count). The van der Waals surface area contributed by atoms with E-state index < -0.39 is 0 Å². The Labute approximate surface area is 239 Å². The number of nitrogens with one attached hydrogen (secondary N) is 2. The molecule has 218 valence electrons. The number of thiazole rings is 1. The molecular weight excluding hydrogens is 533 g/mol. The Morgan fingerprint density at radius 2 is 1.88 bits per heavy atom. The second kappa shape index (κ2) is 14.1. The summed E-state index contributed by atoms with van der Waals surface area (Å²) in [5, 5.41) is 6.41. The number of amides is 2. The second-order valence-corrected chi connectivity index (χ2v) is 12.0. The molecule has 1 aromatic carbocycles. The van der Waals surface area contributed by atoms with Crippen molar-refractivity contribution in [3.8, 4) is 0 Å². The monoisotopic (exact) mass is 573 g/mol. The Morgan fingerprint density at radius 3 is 2.58 bits per heavy atom. The summed E-state index contributed by atoms with van der Waals surface area (Å²) in [7, 11) is 0. The van der Waals surface area contributed by atoms with Crippen LogP contribution in [0.3, 0.4) is 0 Å². The van der Waals surface area contributed by atoms with Gasteiger partial charge in [-0.2, -0.15) is 0 Å². The molecule has 2 amide bonds. The predicted molar refractivity (Wildman–Crippen MR) is 153 cm³/mol. The minimum atomic E-state index is -0.319. The summed E-state index contributed by atoms with van der Waals surface area (Å²) >= 11 is 1.19. The minimum absolute atomic E-state index is 0.0317. The molecule has 2 aliphatic heterocycles. The number of nitrogens with zero attached hydrogens (tertiary/aromatic N) is 3. The topological polar surface area (TPSA) is 104 Å². The molecule has 2 aliphatic rings. The number of benzene rings is 1. The molecule has 0 aliphatic carbocycles. The van der Waals surface area contributed by atoms with E-state index >= 15 is 0 Å². The van der Waals surface area contributed by atoms with Gasteiger partial charge in [-0.3, -0.25) is 19.8 Å². The third-order valence-corrected chi connectivity index (χ3v) is 8.89. The van der Waals surface area contributed by atoms with Crippen LogP contribution in [0.25, 0.3) is 0 Å². The smallest absolute Gasteiger partial charge is 0.321 e. The molecule has 3 heterocycles. The number of ether oxygens (including phenoxy) is 1. The molecule has 2 fully saturated rings. The number of urea groups is 1. The van der Waals surface area contributed by atoms with Gasteiger partial charge in [0, 0.05) is 58.5 Å². The van der Waals surface area contributed by atoms with E-state index in [0.717, 1.165) is 64.0 Å². The normalized spacial score (nSPS) is 22.1. The van der Waals surface area contributed by atoms with Crippen molar-refractivity contribution in [1.29, 1.82) is 0 Å². The SMILES string of the molecule is CC(=O)OCCN1CC[C@@H](NC(=O)Nc2nc(C)c(C(C)=O)s2)[C@H](CN2CCCC(Cc3ccc(F)cc3)C2)C1. The molecule has 2 saturated heterocycles. The molecule has 9 nitrogen and oxygen atoms in total. The van der Waals surface area contributed by atoms with Gasteiger partial charge in [0.1, 0.15) is 12.4 Å². The third-order valence-electron chi connectivity index (χ3n) is 7.72. The highest BCUT2D eigenvalue weighted by Gasteiger charge is 2.33. The molecule has 2 N–H and O–H groups in total. The van der Waals surface area contributed by atoms with Gasteiger partial charge in [0.15, 0.2) is 10.9 Å². The number of piperidine rings is 2. The number of hydrogen-bond donors (Lipinski definition) is 2. The van der Waals surface area contributed by atoms with Crippen LogP contribution < -0.4 is 10.6 Å². The Morgan fingerprint density at radius 1 is 1.10 bits per heavy atom. The number of Topliss-reactive ketones (excluding diaryl/α,β-unsaturated/α-hetero) is 1. The summed E-state index contributed by atoms with van der Waals surface area (Å²) in [5.41, 5.74) is 1.77. The van der Waals surface area contributed by atoms with E-state index in [1.54, 1.807) is 6.92 Å². The first-order chi connectivity index (χ1) is 19.2. The summed E-state index contributed by atoms with van der Waals surface area (Å²) in [6, 6.07) is 6.45. The Balaban J connectivity index is 1.38. The van der Waals surface area contributed by atoms with Gasteiger partial charge in [0.2, 0.25) is 0 Å². The molecule has 0 saturated carbocycles. The van der Waals surface area contributed by atoms with Gasteiger partial charge >= 0.3 is 12.0 Å². The highest BCUT2D eigenvalue weighted by molar-refractivity contribution is 7.17. The highest BCUT2D eigenvalue weighted by atomic mass is 32.1. The summed E-state index contributed by atoms with van der Waals surface area (Å²) in [5.74, 6) is 0.129. The van der Waals surface area contributed by atoms with Crippen LogP contribution in [0.1, 0.15) is 54.0 Å². The van der Waals surface area contributed by atoms with Crippen LogP contribution in [0.4, 0.5) is 14.3 Å². The molecule has 11 heteroatoms. The quantitative estimate of drug-likeness (QED) is 0.326. The van der Waals surface area contributed by atoms with Crippen LogP contribution in [0.15, 0.2) is 24.3 Å². The third kappa shape index (κ3) is 8.81. The van der Waals surface area contributed by atoms with Crippen molar-refractivity contribution >= 4 is 34.3 Å². The van der Waals surface area contributed by atoms with Crippen LogP contribution in [-0.2, 0) is 16.0 Å². The fourth-order valence-corrected chi connectivity index (χ4v) is 6.71. The highest BCUT2D eigenvalue weighted by Crippen LogP contribution is 2.26. The zero-order valence-electron chi connectivity index (χ0n) is 23.6. The van der Waals surface area contributed by atoms with Gasteiger partial charge in [0.05, 0.1) is 10.6 Å². The van der Waals surface area contributed by atoms with Gasteiger partial charge < -0.3 is 15.0 Å². The number of halogens is 1. The van der Waals surface area contributed by atoms with Gasteiger partial charge in [0.25, 0.3) is 0 Å². The maximum Gasteiger partial charge on any atom is 0.321 e. The first-order valence-electron chi connectivity index (χ1n) is 14.0. The van der Waals surface area contributed by atoms with Crippen molar-refractivity contribution in [2.45, 2.75) is 52.5 Å². The standard InChI is InChI=1S/C29H40FN5O4S/c1-19-27(20(2)36)40-29(31-19)33-28(38)32-26-10-12-34(13-14-39-21(3)37)17-24(26)18-35-11-4-5-23(16-35)15-22-6-8-25(30)9-7-22/h6-9,23-24,26H,4-5,10-18H2,1-3H3,(H2,31,32,33,38)/t23?,24-,26+/m0/s1. The van der Waals surface area contributed by atoms with Crippen LogP contribution in [-0.4, -0.2) is 84.5 Å². The predicted octanol–water partition coefficient (Wildman–Crippen LogP) is 4.12. The van der Waals surface area contributed by atoms with Crippen molar-refractivity contribution in [2.75, 3.05) is 51.2 Å². The van der Waals surface area contributed by atoms with Crippen molar-refractivity contribution in [3.05, 3.63) is 46.2 Å². The van der Waals surface area contributed by atoms with Crippen LogP contribution >= 0.6 is 11.3 Å². The number of anilines is 1. The van der Waals surface area contributed by atoms with Crippen LogP contribution in [0.2, 0.25) is 0 Å². The fraction of sp³-hybridized carbons (Fsp3) is 0.586. The number of hydrogen-bond acceptors (Lipinski definition) is 8. The molecule has 0 spiro atoms. The molecule has 1 unspecified atom stereocenters. The number of aromatic nitrogens is 1. The number of carbonyl (C=O) groups excluding carboxylic acids is 3. The number of aryl methyl sites for hydroxylation is 1. The first-order valence-corrected chi connectivity index (χ1v) is 14.9.